The Morgan fingerprint density at radius 2 is 1.94 bits per heavy atom. The summed E-state index contributed by atoms with van der Waals surface area (Å²) in [6.07, 6.45) is 8.66. The second-order valence-electron chi connectivity index (χ2n) is 5.98. The Labute approximate surface area is 104 Å². The molecule has 1 saturated heterocycles. The summed E-state index contributed by atoms with van der Waals surface area (Å²) in [7, 11) is 0. The summed E-state index contributed by atoms with van der Waals surface area (Å²) in [6, 6.07) is -0.222. The van der Waals surface area contributed by atoms with E-state index in [0.29, 0.717) is 5.92 Å². The SMILES string of the molecule is CC1CCN(CC2CCCCC2)C(C(=O)O)C1. The Hall–Kier alpha value is -0.570. The van der Waals surface area contributed by atoms with Crippen LogP contribution in [-0.4, -0.2) is 35.1 Å². The van der Waals surface area contributed by atoms with E-state index in [1.54, 1.807) is 0 Å². The standard InChI is InChI=1S/C14H25NO2/c1-11-7-8-15(13(9-11)14(16)17)10-12-5-3-2-4-6-12/h11-13H,2-10H2,1H3,(H,16,17). The van der Waals surface area contributed by atoms with Crippen LogP contribution in [0.2, 0.25) is 0 Å². The molecule has 2 aliphatic rings. The molecule has 1 heterocycles. The highest BCUT2D eigenvalue weighted by Gasteiger charge is 2.32. The largest absolute Gasteiger partial charge is 0.480 e. The minimum atomic E-state index is -0.618. The summed E-state index contributed by atoms with van der Waals surface area (Å²) in [5.74, 6) is 0.699. The molecular weight excluding hydrogens is 214 g/mol. The maximum Gasteiger partial charge on any atom is 0.320 e. The summed E-state index contributed by atoms with van der Waals surface area (Å²) in [5.41, 5.74) is 0. The van der Waals surface area contributed by atoms with Crippen molar-refractivity contribution in [3.05, 3.63) is 0 Å². The first-order valence-corrected chi connectivity index (χ1v) is 7.13. The van der Waals surface area contributed by atoms with E-state index in [-0.39, 0.29) is 6.04 Å². The van der Waals surface area contributed by atoms with Crippen molar-refractivity contribution in [2.75, 3.05) is 13.1 Å². The molecule has 0 aromatic rings. The van der Waals surface area contributed by atoms with Crippen molar-refractivity contribution in [1.29, 1.82) is 0 Å². The van der Waals surface area contributed by atoms with Crippen molar-refractivity contribution in [3.63, 3.8) is 0 Å². The van der Waals surface area contributed by atoms with Crippen LogP contribution >= 0.6 is 0 Å². The Balaban J connectivity index is 1.90. The number of aliphatic carboxylic acids is 1. The molecule has 2 fully saturated rings. The lowest BCUT2D eigenvalue weighted by atomic mass is 9.86. The average Bonchev–Trinajstić information content (AvgIpc) is 2.32. The molecule has 2 rings (SSSR count). The first kappa shape index (κ1) is 12.9. The van der Waals surface area contributed by atoms with Crippen molar-refractivity contribution in [3.8, 4) is 0 Å². The lowest BCUT2D eigenvalue weighted by Gasteiger charge is -2.38. The average molecular weight is 239 g/mol. The predicted octanol–water partition coefficient (Wildman–Crippen LogP) is 2.75. The third-order valence-corrected chi connectivity index (χ3v) is 4.48. The summed E-state index contributed by atoms with van der Waals surface area (Å²) >= 11 is 0. The second kappa shape index (κ2) is 5.85. The fraction of sp³-hybridized carbons (Fsp3) is 0.929. The normalized spacial score (nSPS) is 32.5. The van der Waals surface area contributed by atoms with Gasteiger partial charge in [0.15, 0.2) is 0 Å². The molecule has 2 atom stereocenters. The Morgan fingerprint density at radius 1 is 1.24 bits per heavy atom. The van der Waals surface area contributed by atoms with E-state index in [9.17, 15) is 9.90 Å². The molecule has 1 saturated carbocycles. The third kappa shape index (κ3) is 3.44. The molecular formula is C14H25NO2. The van der Waals surface area contributed by atoms with E-state index in [4.69, 9.17) is 0 Å². The van der Waals surface area contributed by atoms with Gasteiger partial charge in [-0.25, -0.2) is 0 Å². The number of likely N-dealkylation sites (tertiary alicyclic amines) is 1. The van der Waals surface area contributed by atoms with Gasteiger partial charge in [0.05, 0.1) is 0 Å². The molecule has 0 bridgehead atoms. The molecule has 0 radical (unpaired) electrons. The molecule has 2 unspecified atom stereocenters. The fourth-order valence-electron chi connectivity index (χ4n) is 3.37. The molecule has 0 aromatic heterocycles. The van der Waals surface area contributed by atoms with Crippen LogP contribution in [0.1, 0.15) is 51.9 Å². The quantitative estimate of drug-likeness (QED) is 0.823. The molecule has 1 aliphatic heterocycles. The van der Waals surface area contributed by atoms with Gasteiger partial charge in [-0.2, -0.15) is 0 Å². The van der Waals surface area contributed by atoms with Crippen molar-refractivity contribution < 1.29 is 9.90 Å². The van der Waals surface area contributed by atoms with Crippen LogP contribution in [0.5, 0.6) is 0 Å². The lowest BCUT2D eigenvalue weighted by molar-refractivity contribution is -0.145. The number of rotatable bonds is 3. The molecule has 3 heteroatoms. The van der Waals surface area contributed by atoms with Crippen LogP contribution in [0.25, 0.3) is 0 Å². The highest BCUT2D eigenvalue weighted by molar-refractivity contribution is 5.73. The third-order valence-electron chi connectivity index (χ3n) is 4.48. The summed E-state index contributed by atoms with van der Waals surface area (Å²) < 4.78 is 0. The zero-order chi connectivity index (χ0) is 12.3. The Morgan fingerprint density at radius 3 is 2.59 bits per heavy atom. The van der Waals surface area contributed by atoms with E-state index in [2.05, 4.69) is 11.8 Å². The topological polar surface area (TPSA) is 40.5 Å². The van der Waals surface area contributed by atoms with Crippen molar-refractivity contribution >= 4 is 5.97 Å². The summed E-state index contributed by atoms with van der Waals surface area (Å²) in [5, 5.41) is 9.31. The number of nitrogens with zero attached hydrogens (tertiary/aromatic N) is 1. The van der Waals surface area contributed by atoms with Gasteiger partial charge in [-0.05, 0) is 44.1 Å². The molecule has 17 heavy (non-hydrogen) atoms. The first-order chi connectivity index (χ1) is 8.16. The molecule has 3 nitrogen and oxygen atoms in total. The zero-order valence-corrected chi connectivity index (χ0v) is 10.9. The van der Waals surface area contributed by atoms with E-state index in [0.717, 1.165) is 31.8 Å². The highest BCUT2D eigenvalue weighted by atomic mass is 16.4. The van der Waals surface area contributed by atoms with Gasteiger partial charge < -0.3 is 5.11 Å². The molecule has 0 amide bonds. The van der Waals surface area contributed by atoms with E-state index >= 15 is 0 Å². The Bertz CT molecular complexity index is 261. The minimum absolute atomic E-state index is 0.222. The van der Waals surface area contributed by atoms with Gasteiger partial charge in [-0.15, -0.1) is 0 Å². The lowest BCUT2D eigenvalue weighted by Crippen LogP contribution is -2.48. The molecule has 1 aliphatic carbocycles. The summed E-state index contributed by atoms with van der Waals surface area (Å²) in [6.45, 7) is 4.17. The number of hydrogen-bond acceptors (Lipinski definition) is 2. The van der Waals surface area contributed by atoms with Crippen molar-refractivity contribution in [1.82, 2.24) is 4.90 Å². The number of hydrogen-bond donors (Lipinski definition) is 1. The van der Waals surface area contributed by atoms with Gasteiger partial charge >= 0.3 is 5.97 Å². The van der Waals surface area contributed by atoms with Crippen LogP contribution in [0.15, 0.2) is 0 Å². The maximum atomic E-state index is 11.3. The number of carbonyl (C=O) groups is 1. The summed E-state index contributed by atoms with van der Waals surface area (Å²) in [4.78, 5) is 13.5. The molecule has 0 spiro atoms. The minimum Gasteiger partial charge on any atom is -0.480 e. The van der Waals surface area contributed by atoms with Crippen LogP contribution in [0.4, 0.5) is 0 Å². The number of piperidine rings is 1. The number of carboxylic acids is 1. The Kier molecular flexibility index (Phi) is 4.43. The fourth-order valence-corrected chi connectivity index (χ4v) is 3.37. The smallest absolute Gasteiger partial charge is 0.320 e. The maximum absolute atomic E-state index is 11.3. The monoisotopic (exact) mass is 239 g/mol. The van der Waals surface area contributed by atoms with Crippen LogP contribution in [-0.2, 0) is 4.79 Å². The van der Waals surface area contributed by atoms with Crippen molar-refractivity contribution in [2.24, 2.45) is 11.8 Å². The van der Waals surface area contributed by atoms with Crippen molar-refractivity contribution in [2.45, 2.75) is 57.9 Å². The first-order valence-electron chi connectivity index (χ1n) is 7.13. The van der Waals surface area contributed by atoms with Crippen LogP contribution in [0.3, 0.4) is 0 Å². The van der Waals surface area contributed by atoms with E-state index < -0.39 is 5.97 Å². The molecule has 0 aromatic carbocycles. The van der Waals surface area contributed by atoms with Gasteiger partial charge in [0.2, 0.25) is 0 Å². The zero-order valence-electron chi connectivity index (χ0n) is 10.9. The predicted molar refractivity (Wildman–Crippen MR) is 68.0 cm³/mol. The van der Waals surface area contributed by atoms with Gasteiger partial charge in [-0.3, -0.25) is 9.69 Å². The van der Waals surface area contributed by atoms with E-state index in [1.807, 2.05) is 0 Å². The second-order valence-corrected chi connectivity index (χ2v) is 5.98. The van der Waals surface area contributed by atoms with Gasteiger partial charge in [-0.1, -0.05) is 26.2 Å². The van der Waals surface area contributed by atoms with Gasteiger partial charge in [0.1, 0.15) is 6.04 Å². The van der Waals surface area contributed by atoms with Crippen LogP contribution < -0.4 is 0 Å². The van der Waals surface area contributed by atoms with E-state index in [1.165, 1.54) is 32.1 Å². The van der Waals surface area contributed by atoms with Crippen LogP contribution in [0, 0.1) is 11.8 Å². The van der Waals surface area contributed by atoms with Gasteiger partial charge in [0, 0.05) is 6.54 Å². The molecule has 1 N–H and O–H groups in total. The van der Waals surface area contributed by atoms with Gasteiger partial charge in [0.25, 0.3) is 0 Å². The number of carboxylic acid groups (broad SMARTS) is 1. The molecule has 98 valence electrons. The highest BCUT2D eigenvalue weighted by Crippen LogP contribution is 2.28.